The fourth-order valence-corrected chi connectivity index (χ4v) is 2.14. The molecule has 0 radical (unpaired) electrons. The van der Waals surface area contributed by atoms with Gasteiger partial charge in [-0.1, -0.05) is 27.7 Å². The van der Waals surface area contributed by atoms with E-state index < -0.39 is 0 Å². The zero-order chi connectivity index (χ0) is 15.1. The highest BCUT2D eigenvalue weighted by atomic mass is 16.5. The number of hydrogen-bond acceptors (Lipinski definition) is 4. The molecule has 0 saturated carbocycles. The van der Waals surface area contributed by atoms with E-state index in [1.54, 1.807) is 0 Å². The van der Waals surface area contributed by atoms with E-state index in [4.69, 9.17) is 4.74 Å². The third-order valence-corrected chi connectivity index (χ3v) is 3.10. The van der Waals surface area contributed by atoms with Gasteiger partial charge < -0.3 is 10.1 Å². The summed E-state index contributed by atoms with van der Waals surface area (Å²) in [5.41, 5.74) is 2.22. The van der Waals surface area contributed by atoms with Gasteiger partial charge in [0.2, 0.25) is 0 Å². The van der Waals surface area contributed by atoms with Gasteiger partial charge in [0.25, 0.3) is 0 Å². The number of carbonyl (C=O) groups is 1. The van der Waals surface area contributed by atoms with Crippen LogP contribution in [0.5, 0.6) is 0 Å². The van der Waals surface area contributed by atoms with Gasteiger partial charge in [0.15, 0.2) is 0 Å². The summed E-state index contributed by atoms with van der Waals surface area (Å²) < 4.78 is 7.07. The van der Waals surface area contributed by atoms with Crippen molar-refractivity contribution in [1.29, 1.82) is 0 Å². The quantitative estimate of drug-likeness (QED) is 0.740. The Morgan fingerprint density at radius 3 is 2.55 bits per heavy atom. The van der Waals surface area contributed by atoms with Crippen LogP contribution in [0.25, 0.3) is 0 Å². The van der Waals surface area contributed by atoms with Crippen LogP contribution in [-0.4, -0.2) is 34.4 Å². The van der Waals surface area contributed by atoms with E-state index in [0.29, 0.717) is 13.2 Å². The molecule has 0 amide bonds. The van der Waals surface area contributed by atoms with Crippen molar-refractivity contribution in [2.75, 3.05) is 6.61 Å². The normalized spacial score (nSPS) is 12.7. The van der Waals surface area contributed by atoms with Crippen LogP contribution in [0.3, 0.4) is 0 Å². The van der Waals surface area contributed by atoms with Crippen LogP contribution >= 0.6 is 0 Å². The van der Waals surface area contributed by atoms with Crippen molar-refractivity contribution < 1.29 is 9.53 Å². The number of aryl methyl sites for hydroxylation is 2. The lowest BCUT2D eigenvalue weighted by molar-refractivity contribution is -0.146. The Bertz CT molecular complexity index is 427. The highest BCUT2D eigenvalue weighted by Gasteiger charge is 2.22. The maximum atomic E-state index is 12.0. The number of carbonyl (C=O) groups excluding carboxylic acids is 1. The lowest BCUT2D eigenvalue weighted by Gasteiger charge is -2.20. The van der Waals surface area contributed by atoms with E-state index >= 15 is 0 Å². The van der Waals surface area contributed by atoms with Gasteiger partial charge in [-0.2, -0.15) is 5.10 Å². The number of hydrogen-bond donors (Lipinski definition) is 1. The summed E-state index contributed by atoms with van der Waals surface area (Å²) in [6, 6.07) is 1.97. The molecule has 5 heteroatoms. The average Bonchev–Trinajstić information content (AvgIpc) is 2.80. The minimum atomic E-state index is -0.357. The van der Waals surface area contributed by atoms with Crippen molar-refractivity contribution in [3.8, 4) is 0 Å². The first-order valence-electron chi connectivity index (χ1n) is 7.50. The SMILES string of the molecule is CCOC(=O)C(Cn1nc(CC)cc1CC)NC(C)C. The molecule has 1 unspecified atom stereocenters. The molecule has 5 nitrogen and oxygen atoms in total. The highest BCUT2D eigenvalue weighted by Crippen LogP contribution is 2.08. The molecule has 0 aromatic carbocycles. The molecule has 0 aliphatic rings. The molecule has 20 heavy (non-hydrogen) atoms. The smallest absolute Gasteiger partial charge is 0.325 e. The summed E-state index contributed by atoms with van der Waals surface area (Å²) in [7, 11) is 0. The van der Waals surface area contributed by atoms with Crippen LogP contribution in [0, 0.1) is 0 Å². The Kier molecular flexibility index (Phi) is 6.71. The number of aromatic nitrogens is 2. The van der Waals surface area contributed by atoms with E-state index in [0.717, 1.165) is 24.2 Å². The van der Waals surface area contributed by atoms with E-state index in [1.807, 2.05) is 25.5 Å². The van der Waals surface area contributed by atoms with Gasteiger partial charge in [-0.25, -0.2) is 0 Å². The van der Waals surface area contributed by atoms with Crippen molar-refractivity contribution in [2.45, 2.75) is 66.1 Å². The largest absolute Gasteiger partial charge is 0.465 e. The second-order valence-corrected chi connectivity index (χ2v) is 5.14. The Morgan fingerprint density at radius 1 is 1.35 bits per heavy atom. The minimum absolute atomic E-state index is 0.211. The van der Waals surface area contributed by atoms with Crippen LogP contribution in [0.1, 0.15) is 46.0 Å². The fraction of sp³-hybridized carbons (Fsp3) is 0.733. The second kappa shape index (κ2) is 8.04. The first kappa shape index (κ1) is 16.7. The molecule has 0 saturated heterocycles. The summed E-state index contributed by atoms with van der Waals surface area (Å²) in [4.78, 5) is 12.0. The van der Waals surface area contributed by atoms with Gasteiger partial charge >= 0.3 is 5.97 Å². The van der Waals surface area contributed by atoms with Gasteiger partial charge in [-0.15, -0.1) is 0 Å². The number of ether oxygens (including phenoxy) is 1. The fourth-order valence-electron chi connectivity index (χ4n) is 2.14. The molecule has 1 aromatic heterocycles. The first-order chi connectivity index (χ1) is 9.51. The molecule has 114 valence electrons. The molecule has 1 N–H and O–H groups in total. The highest BCUT2D eigenvalue weighted by molar-refractivity contribution is 5.75. The maximum absolute atomic E-state index is 12.0. The summed E-state index contributed by atoms with van der Waals surface area (Å²) in [6.45, 7) is 11.0. The van der Waals surface area contributed by atoms with E-state index in [2.05, 4.69) is 30.3 Å². The molecule has 0 bridgehead atoms. The van der Waals surface area contributed by atoms with Crippen LogP contribution in [-0.2, 0) is 28.9 Å². The molecule has 0 spiro atoms. The predicted molar refractivity (Wildman–Crippen MR) is 79.7 cm³/mol. The zero-order valence-electron chi connectivity index (χ0n) is 13.3. The van der Waals surface area contributed by atoms with Crippen molar-refractivity contribution in [2.24, 2.45) is 0 Å². The zero-order valence-corrected chi connectivity index (χ0v) is 13.3. The molecule has 1 atom stereocenters. The summed E-state index contributed by atoms with van der Waals surface area (Å²) in [5, 5.41) is 7.81. The standard InChI is InChI=1S/C15H27N3O2/c1-6-12-9-13(7-2)18(17-12)10-14(16-11(4)5)15(19)20-8-3/h9,11,14,16H,6-8,10H2,1-5H3. The van der Waals surface area contributed by atoms with Gasteiger partial charge in [-0.05, 0) is 25.8 Å². The summed E-state index contributed by atoms with van der Waals surface area (Å²) in [6.07, 6.45) is 1.81. The lowest BCUT2D eigenvalue weighted by atomic mass is 10.2. The molecule has 1 heterocycles. The molecule has 0 aliphatic heterocycles. The summed E-state index contributed by atoms with van der Waals surface area (Å²) >= 11 is 0. The van der Waals surface area contributed by atoms with E-state index in [9.17, 15) is 4.79 Å². The number of nitrogens with zero attached hydrogens (tertiary/aromatic N) is 2. The average molecular weight is 281 g/mol. The van der Waals surface area contributed by atoms with Crippen molar-refractivity contribution >= 4 is 5.97 Å². The Balaban J connectivity index is 2.87. The molecular formula is C15H27N3O2. The first-order valence-corrected chi connectivity index (χ1v) is 7.50. The second-order valence-electron chi connectivity index (χ2n) is 5.14. The van der Waals surface area contributed by atoms with Crippen LogP contribution < -0.4 is 5.32 Å². The van der Waals surface area contributed by atoms with E-state index in [1.165, 1.54) is 0 Å². The van der Waals surface area contributed by atoms with Gasteiger partial charge in [0.1, 0.15) is 6.04 Å². The maximum Gasteiger partial charge on any atom is 0.325 e. The third-order valence-electron chi connectivity index (χ3n) is 3.10. The topological polar surface area (TPSA) is 56.2 Å². The van der Waals surface area contributed by atoms with Crippen LogP contribution in [0.2, 0.25) is 0 Å². The predicted octanol–water partition coefficient (Wildman–Crippen LogP) is 1.94. The van der Waals surface area contributed by atoms with Crippen LogP contribution in [0.15, 0.2) is 6.07 Å². The third kappa shape index (κ3) is 4.63. The Labute approximate surface area is 121 Å². The van der Waals surface area contributed by atoms with Gasteiger partial charge in [0, 0.05) is 11.7 Å². The number of nitrogens with one attached hydrogen (secondary N) is 1. The van der Waals surface area contributed by atoms with Crippen molar-refractivity contribution in [1.82, 2.24) is 15.1 Å². The molecular weight excluding hydrogens is 254 g/mol. The Hall–Kier alpha value is -1.36. The van der Waals surface area contributed by atoms with Gasteiger partial charge in [0.05, 0.1) is 18.8 Å². The summed E-state index contributed by atoms with van der Waals surface area (Å²) in [5.74, 6) is -0.211. The van der Waals surface area contributed by atoms with Crippen LogP contribution in [0.4, 0.5) is 0 Å². The molecule has 0 fully saturated rings. The monoisotopic (exact) mass is 281 g/mol. The van der Waals surface area contributed by atoms with Crippen molar-refractivity contribution in [3.05, 3.63) is 17.5 Å². The molecule has 1 aromatic rings. The van der Waals surface area contributed by atoms with Gasteiger partial charge in [-0.3, -0.25) is 9.48 Å². The number of esters is 1. The van der Waals surface area contributed by atoms with Crippen molar-refractivity contribution in [3.63, 3.8) is 0 Å². The number of rotatable bonds is 8. The minimum Gasteiger partial charge on any atom is -0.465 e. The lowest BCUT2D eigenvalue weighted by Crippen LogP contribution is -2.45. The van der Waals surface area contributed by atoms with E-state index in [-0.39, 0.29) is 18.1 Å². The molecule has 1 rings (SSSR count). The molecule has 0 aliphatic carbocycles. The Morgan fingerprint density at radius 2 is 2.05 bits per heavy atom.